The molecular formula is C21H22ClN3O2S. The Morgan fingerprint density at radius 3 is 2.36 bits per heavy atom. The van der Waals surface area contributed by atoms with Gasteiger partial charge in [0.05, 0.1) is 6.04 Å². The van der Waals surface area contributed by atoms with Crippen molar-refractivity contribution in [3.05, 3.63) is 88.5 Å². The first-order valence-corrected chi connectivity index (χ1v) is 10.8. The molecule has 1 aromatic carbocycles. The van der Waals surface area contributed by atoms with Crippen molar-refractivity contribution < 1.29 is 8.42 Å². The lowest BCUT2D eigenvalue weighted by Gasteiger charge is -2.30. The summed E-state index contributed by atoms with van der Waals surface area (Å²) >= 11 is 5.99. The highest BCUT2D eigenvalue weighted by molar-refractivity contribution is 7.89. The van der Waals surface area contributed by atoms with Crippen LogP contribution < -0.4 is 0 Å². The number of hydrogen-bond donors (Lipinski definition) is 0. The largest absolute Gasteiger partial charge is 0.264 e. The molecule has 0 saturated carbocycles. The summed E-state index contributed by atoms with van der Waals surface area (Å²) in [5, 5.41) is 0.296. The molecular weight excluding hydrogens is 394 g/mol. The number of aryl methyl sites for hydroxylation is 2. The molecule has 0 amide bonds. The van der Waals surface area contributed by atoms with Crippen LogP contribution in [0.5, 0.6) is 0 Å². The van der Waals surface area contributed by atoms with Crippen LogP contribution in [0.3, 0.4) is 0 Å². The Morgan fingerprint density at radius 1 is 1.07 bits per heavy atom. The summed E-state index contributed by atoms with van der Waals surface area (Å²) in [4.78, 5) is 8.34. The van der Waals surface area contributed by atoms with Crippen LogP contribution in [0.25, 0.3) is 0 Å². The molecule has 146 valence electrons. The van der Waals surface area contributed by atoms with Gasteiger partial charge in [-0.05, 0) is 42.7 Å². The van der Waals surface area contributed by atoms with Crippen molar-refractivity contribution in [1.29, 1.82) is 0 Å². The quantitative estimate of drug-likeness (QED) is 0.554. The third-order valence-electron chi connectivity index (χ3n) is 4.59. The minimum atomic E-state index is -3.81. The minimum absolute atomic E-state index is 0.122. The molecule has 0 bridgehead atoms. The fraction of sp³-hybridized carbons (Fsp3) is 0.238. The van der Waals surface area contributed by atoms with Gasteiger partial charge in [-0.25, -0.2) is 13.4 Å². The van der Waals surface area contributed by atoms with Crippen molar-refractivity contribution in [2.75, 3.05) is 6.54 Å². The number of hydrogen-bond acceptors (Lipinski definition) is 4. The van der Waals surface area contributed by atoms with E-state index in [0.29, 0.717) is 10.7 Å². The highest BCUT2D eigenvalue weighted by Crippen LogP contribution is 2.33. The average molecular weight is 416 g/mol. The summed E-state index contributed by atoms with van der Waals surface area (Å²) in [5.41, 5.74) is 3.40. The molecule has 5 nitrogen and oxygen atoms in total. The Hall–Kier alpha value is -2.28. The van der Waals surface area contributed by atoms with Crippen LogP contribution >= 0.6 is 11.6 Å². The lowest BCUT2D eigenvalue weighted by atomic mass is 9.99. The Labute approximate surface area is 171 Å². The third-order valence-corrected chi connectivity index (χ3v) is 6.89. The average Bonchev–Trinajstić information content (AvgIpc) is 2.69. The number of sulfonamides is 1. The summed E-state index contributed by atoms with van der Waals surface area (Å²) in [6, 6.07) is 12.6. The van der Waals surface area contributed by atoms with Crippen LogP contribution in [0.15, 0.2) is 66.0 Å². The van der Waals surface area contributed by atoms with E-state index in [1.54, 1.807) is 25.4 Å². The van der Waals surface area contributed by atoms with Gasteiger partial charge in [0.15, 0.2) is 0 Å². The summed E-state index contributed by atoms with van der Waals surface area (Å²) in [5.74, 6) is 0. The highest BCUT2D eigenvalue weighted by Gasteiger charge is 2.33. The van der Waals surface area contributed by atoms with Gasteiger partial charge in [-0.1, -0.05) is 54.4 Å². The van der Waals surface area contributed by atoms with Crippen molar-refractivity contribution in [1.82, 2.24) is 14.3 Å². The first-order valence-electron chi connectivity index (χ1n) is 8.95. The van der Waals surface area contributed by atoms with Gasteiger partial charge in [0.25, 0.3) is 0 Å². The fourth-order valence-corrected chi connectivity index (χ4v) is 4.86. The van der Waals surface area contributed by atoms with E-state index in [9.17, 15) is 8.42 Å². The molecule has 3 rings (SSSR count). The highest BCUT2D eigenvalue weighted by atomic mass is 35.5. The van der Waals surface area contributed by atoms with Gasteiger partial charge in [0.2, 0.25) is 10.0 Å². The summed E-state index contributed by atoms with van der Waals surface area (Å²) in [6.07, 6.45) is 4.68. The molecule has 0 unspecified atom stereocenters. The van der Waals surface area contributed by atoms with E-state index in [0.717, 1.165) is 16.7 Å². The molecule has 2 heterocycles. The van der Waals surface area contributed by atoms with Gasteiger partial charge in [0.1, 0.15) is 10.0 Å². The maximum atomic E-state index is 13.5. The molecule has 7 heteroatoms. The van der Waals surface area contributed by atoms with E-state index in [1.165, 1.54) is 10.5 Å². The molecule has 3 aromatic rings. The predicted molar refractivity (Wildman–Crippen MR) is 111 cm³/mol. The van der Waals surface area contributed by atoms with Crippen LogP contribution in [0.1, 0.15) is 35.2 Å². The number of nitrogens with zero attached hydrogens (tertiary/aromatic N) is 3. The third kappa shape index (κ3) is 4.09. The van der Waals surface area contributed by atoms with Crippen molar-refractivity contribution >= 4 is 21.6 Å². The maximum Gasteiger partial charge on any atom is 0.245 e. The first kappa shape index (κ1) is 20.5. The second-order valence-corrected chi connectivity index (χ2v) is 8.84. The molecule has 0 aliphatic rings. The standard InChI is InChI=1S/C21H22ClN3O2S/c1-4-25(28(26,27)19-12-16(3)21(22)24-14-19)20(18-6-5-11-23-13-18)17-9-7-15(2)8-10-17/h5-14,20H,4H2,1-3H3/t20-/m1/s1. The second-order valence-electron chi connectivity index (χ2n) is 6.59. The topological polar surface area (TPSA) is 63.2 Å². The minimum Gasteiger partial charge on any atom is -0.264 e. The van der Waals surface area contributed by atoms with E-state index in [2.05, 4.69) is 9.97 Å². The Bertz CT molecular complexity index is 1050. The molecule has 0 radical (unpaired) electrons. The molecule has 1 atom stereocenters. The second kappa shape index (κ2) is 8.39. The van der Waals surface area contributed by atoms with Gasteiger partial charge in [-0.15, -0.1) is 0 Å². The van der Waals surface area contributed by atoms with E-state index in [1.807, 2.05) is 50.2 Å². The Kier molecular flexibility index (Phi) is 6.13. The van der Waals surface area contributed by atoms with E-state index >= 15 is 0 Å². The monoisotopic (exact) mass is 415 g/mol. The van der Waals surface area contributed by atoms with Gasteiger partial charge in [0, 0.05) is 25.1 Å². The SMILES string of the molecule is CCN([C@H](c1ccc(C)cc1)c1cccnc1)S(=O)(=O)c1cnc(Cl)c(C)c1. The van der Waals surface area contributed by atoms with E-state index < -0.39 is 16.1 Å². The van der Waals surface area contributed by atoms with Crippen molar-refractivity contribution in [3.8, 4) is 0 Å². The zero-order valence-corrected chi connectivity index (χ0v) is 17.6. The maximum absolute atomic E-state index is 13.5. The number of rotatable bonds is 6. The van der Waals surface area contributed by atoms with E-state index in [4.69, 9.17) is 11.6 Å². The Morgan fingerprint density at radius 2 is 1.79 bits per heavy atom. The number of benzene rings is 1. The van der Waals surface area contributed by atoms with Crippen LogP contribution in [0, 0.1) is 13.8 Å². The summed E-state index contributed by atoms with van der Waals surface area (Å²) < 4.78 is 28.5. The van der Waals surface area contributed by atoms with Crippen molar-refractivity contribution in [2.24, 2.45) is 0 Å². The van der Waals surface area contributed by atoms with Gasteiger partial charge in [-0.2, -0.15) is 4.31 Å². The molecule has 0 saturated heterocycles. The van der Waals surface area contributed by atoms with Crippen molar-refractivity contribution in [3.63, 3.8) is 0 Å². The zero-order valence-electron chi connectivity index (χ0n) is 16.0. The van der Waals surface area contributed by atoms with Gasteiger partial charge in [-0.3, -0.25) is 4.98 Å². The molecule has 0 fully saturated rings. The summed E-state index contributed by atoms with van der Waals surface area (Å²) in [7, 11) is -3.81. The Balaban J connectivity index is 2.15. The molecule has 0 aliphatic heterocycles. The zero-order chi connectivity index (χ0) is 20.3. The normalized spacial score (nSPS) is 12.9. The van der Waals surface area contributed by atoms with Crippen LogP contribution in [-0.2, 0) is 10.0 Å². The fourth-order valence-electron chi connectivity index (χ4n) is 3.11. The number of pyridine rings is 2. The molecule has 28 heavy (non-hydrogen) atoms. The molecule has 0 N–H and O–H groups in total. The summed E-state index contributed by atoms with van der Waals surface area (Å²) in [6.45, 7) is 5.85. The lowest BCUT2D eigenvalue weighted by molar-refractivity contribution is 0.374. The smallest absolute Gasteiger partial charge is 0.245 e. The van der Waals surface area contributed by atoms with Crippen LogP contribution in [-0.4, -0.2) is 29.2 Å². The van der Waals surface area contributed by atoms with Gasteiger partial charge >= 0.3 is 0 Å². The molecule has 0 aliphatic carbocycles. The number of aromatic nitrogens is 2. The predicted octanol–water partition coefficient (Wildman–Crippen LogP) is 4.55. The van der Waals surface area contributed by atoms with Gasteiger partial charge < -0.3 is 0 Å². The lowest BCUT2D eigenvalue weighted by Crippen LogP contribution is -2.35. The van der Waals surface area contributed by atoms with Crippen molar-refractivity contribution in [2.45, 2.75) is 31.7 Å². The van der Waals surface area contributed by atoms with Crippen LogP contribution in [0.4, 0.5) is 0 Å². The van der Waals surface area contributed by atoms with E-state index in [-0.39, 0.29) is 11.4 Å². The number of halogens is 1. The van der Waals surface area contributed by atoms with Crippen LogP contribution in [0.2, 0.25) is 5.15 Å². The molecule has 2 aromatic heterocycles. The molecule has 0 spiro atoms. The first-order chi connectivity index (χ1) is 13.3.